The fourth-order valence-corrected chi connectivity index (χ4v) is 4.73. The summed E-state index contributed by atoms with van der Waals surface area (Å²) in [7, 11) is 0. The zero-order valence-electron chi connectivity index (χ0n) is 20.3. The molecule has 0 amide bonds. The third-order valence-corrected chi connectivity index (χ3v) is 6.41. The van der Waals surface area contributed by atoms with Crippen LogP contribution in [0.15, 0.2) is 65.9 Å². The molecular weight excluding hydrogens is 494 g/mol. The van der Waals surface area contributed by atoms with E-state index in [0.717, 1.165) is 5.56 Å². The molecule has 0 saturated heterocycles. The fraction of sp³-hybridized carbons (Fsp3) is 0.185. The van der Waals surface area contributed by atoms with E-state index in [1.807, 2.05) is 0 Å². The predicted molar refractivity (Wildman–Crippen MR) is 136 cm³/mol. The molecule has 38 heavy (non-hydrogen) atoms. The predicted octanol–water partition coefficient (Wildman–Crippen LogP) is 5.27. The average molecular weight is 517 g/mol. The lowest BCUT2D eigenvalue weighted by Crippen LogP contribution is -2.24. The van der Waals surface area contributed by atoms with Gasteiger partial charge in [0.05, 0.1) is 22.0 Å². The molecule has 4 aromatic rings. The Morgan fingerprint density at radius 1 is 1.11 bits per heavy atom. The average Bonchev–Trinajstić information content (AvgIpc) is 2.88. The van der Waals surface area contributed by atoms with Gasteiger partial charge in [-0.1, -0.05) is 11.2 Å². The van der Waals surface area contributed by atoms with Crippen molar-refractivity contribution in [2.45, 2.75) is 32.3 Å². The van der Waals surface area contributed by atoms with Gasteiger partial charge in [-0.15, -0.1) is 0 Å². The fourth-order valence-electron chi connectivity index (χ4n) is 4.73. The quantitative estimate of drug-likeness (QED) is 0.210. The van der Waals surface area contributed by atoms with Gasteiger partial charge in [-0.2, -0.15) is 4.39 Å². The number of nitro benzene ring substituents is 1. The standard InChI is InChI=1S/C27H22F2N6O3/c1-15-25-23(33-27(30)32-15)11-17(12-24(25)34-38-14-16-4-7-19(8-5-16)35(36)37)20-9-6-18(28)13-22(20)21-3-2-10-31-26(21)29/h2-10,13,17H,11-12,14H2,1H3,(H2,30,32,33). The van der Waals surface area contributed by atoms with Crippen molar-refractivity contribution in [3.05, 3.63) is 111 Å². The van der Waals surface area contributed by atoms with Crippen molar-refractivity contribution in [2.24, 2.45) is 5.16 Å². The minimum atomic E-state index is -0.696. The number of nitrogens with zero attached hydrogens (tertiary/aromatic N) is 5. The second kappa shape index (κ2) is 10.3. The molecule has 2 aromatic carbocycles. The molecule has 11 heteroatoms. The molecule has 2 aromatic heterocycles. The van der Waals surface area contributed by atoms with Gasteiger partial charge in [0, 0.05) is 35.9 Å². The lowest BCUT2D eigenvalue weighted by Gasteiger charge is -2.28. The van der Waals surface area contributed by atoms with E-state index in [4.69, 9.17) is 10.6 Å². The van der Waals surface area contributed by atoms with Crippen molar-refractivity contribution in [3.8, 4) is 11.1 Å². The van der Waals surface area contributed by atoms with Gasteiger partial charge in [0.25, 0.3) is 5.69 Å². The van der Waals surface area contributed by atoms with Gasteiger partial charge in [0.2, 0.25) is 11.9 Å². The monoisotopic (exact) mass is 516 g/mol. The van der Waals surface area contributed by atoms with E-state index >= 15 is 0 Å². The molecule has 0 radical (unpaired) electrons. The SMILES string of the molecule is Cc1nc(N)nc2c1C(=NOCc1ccc([N+](=O)[O-])cc1)CC(c1ccc(F)cc1-c1cccnc1F)C2. The molecule has 1 aliphatic carbocycles. The maximum atomic E-state index is 14.6. The van der Waals surface area contributed by atoms with Crippen LogP contribution in [0.1, 0.15) is 40.4 Å². The van der Waals surface area contributed by atoms with Crippen LogP contribution < -0.4 is 5.73 Å². The summed E-state index contributed by atoms with van der Waals surface area (Å²) in [4.78, 5) is 28.5. The summed E-state index contributed by atoms with van der Waals surface area (Å²) in [6, 6.07) is 13.4. The maximum Gasteiger partial charge on any atom is 0.269 e. The lowest BCUT2D eigenvalue weighted by atomic mass is 9.78. The summed E-state index contributed by atoms with van der Waals surface area (Å²) in [5.41, 5.74) is 10.5. The van der Waals surface area contributed by atoms with Crippen LogP contribution in [-0.2, 0) is 17.9 Å². The van der Waals surface area contributed by atoms with Gasteiger partial charge in [-0.25, -0.2) is 19.3 Å². The highest BCUT2D eigenvalue weighted by molar-refractivity contribution is 6.03. The molecule has 0 spiro atoms. The van der Waals surface area contributed by atoms with E-state index in [-0.39, 0.29) is 29.7 Å². The molecule has 2 N–H and O–H groups in total. The smallest absolute Gasteiger partial charge is 0.269 e. The van der Waals surface area contributed by atoms with Crippen LogP contribution in [-0.4, -0.2) is 25.6 Å². The molecule has 1 unspecified atom stereocenters. The summed E-state index contributed by atoms with van der Waals surface area (Å²) in [5, 5.41) is 15.3. The highest BCUT2D eigenvalue weighted by atomic mass is 19.1. The Labute approximate surface area is 216 Å². The van der Waals surface area contributed by atoms with E-state index in [1.54, 1.807) is 37.3 Å². The minimum Gasteiger partial charge on any atom is -0.391 e. The maximum absolute atomic E-state index is 14.6. The van der Waals surface area contributed by atoms with Gasteiger partial charge in [0.1, 0.15) is 12.4 Å². The zero-order valence-corrected chi connectivity index (χ0v) is 20.3. The normalized spacial score (nSPS) is 15.8. The largest absolute Gasteiger partial charge is 0.391 e. The molecule has 1 atom stereocenters. The number of aryl methyl sites for hydroxylation is 1. The second-order valence-electron chi connectivity index (χ2n) is 8.90. The third kappa shape index (κ3) is 5.03. The number of non-ortho nitro benzene ring substituents is 1. The Kier molecular flexibility index (Phi) is 6.73. The number of rotatable bonds is 6. The van der Waals surface area contributed by atoms with E-state index in [1.165, 1.54) is 30.5 Å². The van der Waals surface area contributed by atoms with Crippen molar-refractivity contribution in [2.75, 3.05) is 5.73 Å². The summed E-state index contributed by atoms with van der Waals surface area (Å²) in [6.45, 7) is 1.89. The van der Waals surface area contributed by atoms with Gasteiger partial charge in [-0.05, 0) is 72.4 Å². The second-order valence-corrected chi connectivity index (χ2v) is 8.90. The molecule has 2 heterocycles. The first-order valence-corrected chi connectivity index (χ1v) is 11.8. The van der Waals surface area contributed by atoms with E-state index in [0.29, 0.717) is 46.6 Å². The number of halogens is 2. The first-order chi connectivity index (χ1) is 18.3. The van der Waals surface area contributed by atoms with Crippen LogP contribution in [0, 0.1) is 28.8 Å². The number of benzene rings is 2. The van der Waals surface area contributed by atoms with Crippen LogP contribution in [0.2, 0.25) is 0 Å². The topological polar surface area (TPSA) is 129 Å². The van der Waals surface area contributed by atoms with Crippen molar-refractivity contribution in [1.82, 2.24) is 15.0 Å². The number of nitrogen functional groups attached to an aromatic ring is 1. The summed E-state index contributed by atoms with van der Waals surface area (Å²) in [5.74, 6) is -1.32. The van der Waals surface area contributed by atoms with Gasteiger partial charge < -0.3 is 10.6 Å². The molecule has 0 aliphatic heterocycles. The van der Waals surface area contributed by atoms with Crippen molar-refractivity contribution >= 4 is 17.3 Å². The number of hydrogen-bond acceptors (Lipinski definition) is 8. The van der Waals surface area contributed by atoms with Crippen LogP contribution in [0.4, 0.5) is 20.4 Å². The Hall–Kier alpha value is -4.80. The molecule has 9 nitrogen and oxygen atoms in total. The van der Waals surface area contributed by atoms with Crippen LogP contribution in [0.3, 0.4) is 0 Å². The molecule has 1 aliphatic rings. The minimum absolute atomic E-state index is 0.0189. The molecule has 5 rings (SSSR count). The number of hydrogen-bond donors (Lipinski definition) is 1. The van der Waals surface area contributed by atoms with Crippen LogP contribution in [0.5, 0.6) is 0 Å². The number of aromatic nitrogens is 3. The number of oxime groups is 1. The van der Waals surface area contributed by atoms with Crippen LogP contribution >= 0.6 is 0 Å². The van der Waals surface area contributed by atoms with E-state index in [2.05, 4.69) is 20.1 Å². The van der Waals surface area contributed by atoms with E-state index in [9.17, 15) is 18.9 Å². The molecule has 192 valence electrons. The van der Waals surface area contributed by atoms with E-state index < -0.39 is 16.7 Å². The molecule has 0 fully saturated rings. The van der Waals surface area contributed by atoms with Crippen molar-refractivity contribution in [1.29, 1.82) is 0 Å². The summed E-state index contributed by atoms with van der Waals surface area (Å²) in [6.07, 6.45) is 2.18. The van der Waals surface area contributed by atoms with Gasteiger partial charge in [0.15, 0.2) is 0 Å². The van der Waals surface area contributed by atoms with Crippen molar-refractivity contribution < 1.29 is 18.5 Å². The first-order valence-electron chi connectivity index (χ1n) is 11.8. The van der Waals surface area contributed by atoms with Crippen molar-refractivity contribution in [3.63, 3.8) is 0 Å². The lowest BCUT2D eigenvalue weighted by molar-refractivity contribution is -0.384. The van der Waals surface area contributed by atoms with Gasteiger partial charge >= 0.3 is 0 Å². The Morgan fingerprint density at radius 2 is 1.89 bits per heavy atom. The molecule has 0 bridgehead atoms. The Bertz CT molecular complexity index is 1560. The number of anilines is 1. The molecular formula is C27H22F2N6O3. The first kappa shape index (κ1) is 24.9. The summed E-state index contributed by atoms with van der Waals surface area (Å²) < 4.78 is 28.9. The van der Waals surface area contributed by atoms with Crippen LogP contribution in [0.25, 0.3) is 11.1 Å². The number of nitro groups is 1. The Balaban J connectivity index is 1.50. The summed E-state index contributed by atoms with van der Waals surface area (Å²) >= 11 is 0. The highest BCUT2D eigenvalue weighted by Gasteiger charge is 2.31. The van der Waals surface area contributed by atoms with Gasteiger partial charge in [-0.3, -0.25) is 10.1 Å². The number of fused-ring (bicyclic) bond motifs is 1. The number of nitrogens with two attached hydrogens (primary N) is 1. The molecule has 0 saturated carbocycles. The highest BCUT2D eigenvalue weighted by Crippen LogP contribution is 2.39. The third-order valence-electron chi connectivity index (χ3n) is 6.41. The Morgan fingerprint density at radius 3 is 2.63 bits per heavy atom. The number of pyridine rings is 1. The zero-order chi connectivity index (χ0) is 26.8.